The molecule has 2 aromatic heterocycles. The average molecular weight is 595 g/mol. The zero-order valence-corrected chi connectivity index (χ0v) is 23.4. The van der Waals surface area contributed by atoms with Crippen LogP contribution in [0.25, 0.3) is 0 Å². The van der Waals surface area contributed by atoms with Crippen molar-refractivity contribution in [1.82, 2.24) is 29.8 Å². The number of nitrogens with zero attached hydrogens (tertiary/aromatic N) is 6. The Morgan fingerprint density at radius 2 is 2.28 bits per heavy atom. The molecule has 2 aliphatic rings. The second-order valence-electron chi connectivity index (χ2n) is 8.13. The third kappa shape index (κ3) is 6.72. The van der Waals surface area contributed by atoms with Gasteiger partial charge < -0.3 is 25.4 Å². The van der Waals surface area contributed by atoms with Crippen LogP contribution >= 0.6 is 34.6 Å². The molecule has 0 spiro atoms. The second-order valence-corrected chi connectivity index (χ2v) is 11.0. The van der Waals surface area contributed by atoms with Gasteiger partial charge in [-0.2, -0.15) is 9.36 Å². The Kier molecular flexibility index (Phi) is 9.83. The first-order chi connectivity index (χ1) is 18.9. The molecule has 2 atom stereocenters. The smallest absolute Gasteiger partial charge is 0.358 e. The zero-order chi connectivity index (χ0) is 27.8. The van der Waals surface area contributed by atoms with Gasteiger partial charge in [-0.3, -0.25) is 14.5 Å². The maximum Gasteiger partial charge on any atom is 0.358 e. The number of ether oxygens (including phenoxy) is 2. The quantitative estimate of drug-likeness (QED) is 0.0609. The number of aromatic nitrogens is 4. The average Bonchev–Trinajstić information content (AvgIpc) is 3.62. The number of nitrogens with two attached hydrogens (primary N) is 1. The molecule has 2 aromatic rings. The number of esters is 1. The summed E-state index contributed by atoms with van der Waals surface area (Å²) in [5.41, 5.74) is 7.03. The molecule has 0 unspecified atom stereocenters. The molecule has 4 rings (SSSR count). The van der Waals surface area contributed by atoms with Crippen molar-refractivity contribution >= 4 is 63.3 Å². The Morgan fingerprint density at radius 3 is 2.97 bits per heavy atom. The number of carbonyl (C=O) groups is 3. The number of fused-ring (bicyclic) bond motifs is 1. The summed E-state index contributed by atoms with van der Waals surface area (Å²) in [6.07, 6.45) is 4.11. The number of carbonyl (C=O) groups excluding carboxylic acids is 3. The molecule has 4 heterocycles. The van der Waals surface area contributed by atoms with E-state index in [2.05, 4.69) is 43.5 Å². The third-order valence-electron chi connectivity index (χ3n) is 5.50. The second kappa shape index (κ2) is 13.5. The molecule has 0 aromatic carbocycles. The van der Waals surface area contributed by atoms with Gasteiger partial charge in [-0.15, -0.1) is 10.2 Å². The van der Waals surface area contributed by atoms with Crippen LogP contribution in [0.2, 0.25) is 0 Å². The normalized spacial score (nSPS) is 18.6. The van der Waals surface area contributed by atoms with Crippen molar-refractivity contribution in [2.75, 3.05) is 31.3 Å². The lowest BCUT2D eigenvalue weighted by atomic mass is 9.92. The van der Waals surface area contributed by atoms with E-state index in [0.29, 0.717) is 10.9 Å². The minimum atomic E-state index is -0.988. The highest BCUT2D eigenvalue weighted by Crippen LogP contribution is 2.35. The van der Waals surface area contributed by atoms with E-state index in [-0.39, 0.29) is 47.1 Å². The van der Waals surface area contributed by atoms with Gasteiger partial charge in [-0.25, -0.2) is 4.79 Å². The van der Waals surface area contributed by atoms with Crippen LogP contribution in [0.1, 0.15) is 32.0 Å². The van der Waals surface area contributed by atoms with E-state index >= 15 is 0 Å². The molecule has 1 saturated heterocycles. The van der Waals surface area contributed by atoms with E-state index in [1.54, 1.807) is 5.51 Å². The fourth-order valence-electron chi connectivity index (χ4n) is 3.67. The first kappa shape index (κ1) is 28.4. The zero-order valence-electron chi connectivity index (χ0n) is 20.9. The van der Waals surface area contributed by atoms with Gasteiger partial charge in [0.25, 0.3) is 11.8 Å². The molecule has 0 bridgehead atoms. The van der Waals surface area contributed by atoms with E-state index in [4.69, 9.17) is 20.0 Å². The highest BCUT2D eigenvalue weighted by molar-refractivity contribution is 8.01. The van der Waals surface area contributed by atoms with Gasteiger partial charge in [0.1, 0.15) is 43.2 Å². The third-order valence-corrected chi connectivity index (χ3v) is 7.90. The van der Waals surface area contributed by atoms with Gasteiger partial charge in [-0.1, -0.05) is 60.7 Å². The van der Waals surface area contributed by atoms with Crippen LogP contribution in [0.5, 0.6) is 0 Å². The molecular weight excluding hydrogens is 568 g/mol. The van der Waals surface area contributed by atoms with Crippen LogP contribution in [-0.2, 0) is 28.7 Å². The molecule has 39 heavy (non-hydrogen) atoms. The summed E-state index contributed by atoms with van der Waals surface area (Å²) in [7, 11) is 0. The molecule has 208 valence electrons. The number of unbranched alkanes of at least 4 members (excludes halogenated alkanes) is 2. The number of β-lactam (4-membered cyclic amide) rings is 1. The van der Waals surface area contributed by atoms with Gasteiger partial charge in [-0.05, 0) is 6.42 Å². The Bertz CT molecular complexity index is 1260. The van der Waals surface area contributed by atoms with E-state index in [1.807, 2.05) is 0 Å². The number of amides is 2. The topological polar surface area (TPSA) is 184 Å². The highest BCUT2D eigenvalue weighted by Gasteiger charge is 2.55. The van der Waals surface area contributed by atoms with Gasteiger partial charge in [0.05, 0.1) is 5.75 Å². The summed E-state index contributed by atoms with van der Waals surface area (Å²) < 4.78 is 15.8. The summed E-state index contributed by atoms with van der Waals surface area (Å²) in [5, 5.41) is 14.5. The van der Waals surface area contributed by atoms with Gasteiger partial charge in [0.2, 0.25) is 11.5 Å². The van der Waals surface area contributed by atoms with Gasteiger partial charge in [0.15, 0.2) is 15.2 Å². The number of nitrogen functional groups attached to an aromatic ring is 1. The number of hydrogen-bond acceptors (Lipinski definition) is 15. The molecular formula is C22H26N8O6S3. The fraction of sp³-hybridized carbons (Fsp3) is 0.455. The summed E-state index contributed by atoms with van der Waals surface area (Å²) >= 11 is 3.54. The summed E-state index contributed by atoms with van der Waals surface area (Å²) in [5.74, 6) is -1.49. The lowest BCUT2D eigenvalue weighted by Gasteiger charge is -2.49. The maximum atomic E-state index is 13.2. The predicted molar refractivity (Wildman–Crippen MR) is 144 cm³/mol. The van der Waals surface area contributed by atoms with Gasteiger partial charge >= 0.3 is 5.97 Å². The molecule has 0 radical (unpaired) electrons. The molecule has 17 heteroatoms. The SMILES string of the molecule is C=CCOC(=O)C1=C(CSc2nncs2)OC[C@@H]2[C@H](NC(=O)/C(=N\OCCCCC)c3nsc(N)n3)C(=O)N12. The first-order valence-electron chi connectivity index (χ1n) is 11.9. The molecule has 2 aliphatic heterocycles. The summed E-state index contributed by atoms with van der Waals surface area (Å²) in [6, 6.07) is -1.64. The number of nitrogens with one attached hydrogen (secondary N) is 1. The van der Waals surface area contributed by atoms with Crippen LogP contribution in [0.4, 0.5) is 5.13 Å². The predicted octanol–water partition coefficient (Wildman–Crippen LogP) is 1.34. The first-order valence-corrected chi connectivity index (χ1v) is 14.5. The van der Waals surface area contributed by atoms with Crippen molar-refractivity contribution in [2.24, 2.45) is 5.16 Å². The molecule has 14 nitrogen and oxygen atoms in total. The fourth-order valence-corrected chi connectivity index (χ4v) is 5.54. The molecule has 2 amide bonds. The van der Waals surface area contributed by atoms with Crippen molar-refractivity contribution in [3.63, 3.8) is 0 Å². The van der Waals surface area contributed by atoms with Crippen LogP contribution in [0, 0.1) is 0 Å². The van der Waals surface area contributed by atoms with Crippen LogP contribution in [-0.4, -0.2) is 85.6 Å². The highest BCUT2D eigenvalue weighted by atomic mass is 32.2. The van der Waals surface area contributed by atoms with Crippen molar-refractivity contribution in [3.8, 4) is 0 Å². The monoisotopic (exact) mass is 594 g/mol. The molecule has 1 fully saturated rings. The number of thioether (sulfide) groups is 1. The standard InChI is InChI=1S/C22H26N8O6S3/c1-3-5-6-8-36-28-15(17-26-21(23)39-29-17)18(31)25-14-12-9-35-13(10-37-22-27-24-11-38-22)16(30(12)19(14)32)20(33)34-7-4-2/h4,11-12,14H,2-3,5-10H2,1H3,(H,25,31)(H2,23,26,29)/b28-15-/t12-,14+/m1/s1. The number of oxime groups is 1. The van der Waals surface area contributed by atoms with Gasteiger partial charge in [0, 0.05) is 11.5 Å². The summed E-state index contributed by atoms with van der Waals surface area (Å²) in [6.45, 7) is 5.90. The Balaban J connectivity index is 1.49. The molecule has 0 aliphatic carbocycles. The van der Waals surface area contributed by atoms with E-state index in [1.165, 1.54) is 34.1 Å². The lowest BCUT2D eigenvalue weighted by Crippen LogP contribution is -2.73. The van der Waals surface area contributed by atoms with Crippen molar-refractivity contribution in [3.05, 3.63) is 35.4 Å². The number of rotatable bonds is 14. The van der Waals surface area contributed by atoms with Crippen molar-refractivity contribution in [2.45, 2.75) is 42.6 Å². The molecule has 0 saturated carbocycles. The van der Waals surface area contributed by atoms with E-state index in [9.17, 15) is 14.4 Å². The minimum absolute atomic E-state index is 0.0152. The van der Waals surface area contributed by atoms with Crippen molar-refractivity contribution < 1.29 is 28.7 Å². The minimum Gasteiger partial charge on any atom is -0.492 e. The Hall–Kier alpha value is -3.57. The van der Waals surface area contributed by atoms with Crippen molar-refractivity contribution in [1.29, 1.82) is 0 Å². The maximum absolute atomic E-state index is 13.2. The Labute approximate surface area is 235 Å². The lowest BCUT2D eigenvalue weighted by molar-refractivity contribution is -0.161. The van der Waals surface area contributed by atoms with Crippen LogP contribution < -0.4 is 11.1 Å². The van der Waals surface area contributed by atoms with Crippen LogP contribution in [0.3, 0.4) is 0 Å². The molecule has 3 N–H and O–H groups in total. The Morgan fingerprint density at radius 1 is 1.44 bits per heavy atom. The van der Waals surface area contributed by atoms with Crippen LogP contribution in [0.15, 0.2) is 39.1 Å². The van der Waals surface area contributed by atoms with E-state index < -0.39 is 29.9 Å². The number of hydrogen-bond donors (Lipinski definition) is 2. The number of anilines is 1. The van der Waals surface area contributed by atoms with E-state index in [0.717, 1.165) is 30.8 Å². The largest absolute Gasteiger partial charge is 0.492 e. The summed E-state index contributed by atoms with van der Waals surface area (Å²) in [4.78, 5) is 49.9.